The molecular formula is C16H23N4+. The van der Waals surface area contributed by atoms with Gasteiger partial charge in [-0.1, -0.05) is 12.1 Å². The van der Waals surface area contributed by atoms with Crippen LogP contribution in [0.4, 0.5) is 0 Å². The summed E-state index contributed by atoms with van der Waals surface area (Å²) in [5.41, 5.74) is 2.50. The molecule has 0 unspecified atom stereocenters. The van der Waals surface area contributed by atoms with Crippen molar-refractivity contribution in [2.24, 2.45) is 4.99 Å². The van der Waals surface area contributed by atoms with E-state index in [1.807, 2.05) is 0 Å². The molecule has 106 valence electrons. The zero-order valence-corrected chi connectivity index (χ0v) is 12.4. The highest BCUT2D eigenvalue weighted by atomic mass is 15.2. The monoisotopic (exact) mass is 271 g/mol. The number of nitrogens with one attached hydrogen (secondary N) is 1. The molecule has 4 heteroatoms. The maximum absolute atomic E-state index is 4.63. The Kier molecular flexibility index (Phi) is 3.72. The van der Waals surface area contributed by atoms with Gasteiger partial charge in [0.2, 0.25) is 0 Å². The standard InChI is InChI=1S/C16H22N4/c1-3-19-11-9-17-15(19)13-5-7-14(8-6-13)16-18-10-12-20(16)4-2/h5-8H,3-4,9-12H2,1-2H3/p+1. The largest absolute Gasteiger partial charge is 0.355 e. The van der Waals surface area contributed by atoms with Crippen molar-refractivity contribution in [1.29, 1.82) is 0 Å². The molecular weight excluding hydrogens is 248 g/mol. The Morgan fingerprint density at radius 1 is 1.20 bits per heavy atom. The van der Waals surface area contributed by atoms with Gasteiger partial charge in [-0.15, -0.1) is 0 Å². The highest BCUT2D eigenvalue weighted by molar-refractivity contribution is 6.01. The average molecular weight is 271 g/mol. The van der Waals surface area contributed by atoms with Crippen LogP contribution in [0.3, 0.4) is 0 Å². The molecule has 0 fully saturated rings. The summed E-state index contributed by atoms with van der Waals surface area (Å²) in [6, 6.07) is 8.81. The third-order valence-corrected chi connectivity index (χ3v) is 4.10. The van der Waals surface area contributed by atoms with Gasteiger partial charge in [-0.25, -0.2) is 0 Å². The molecule has 4 nitrogen and oxygen atoms in total. The maximum Gasteiger partial charge on any atom is 0.277 e. The van der Waals surface area contributed by atoms with Crippen LogP contribution in [-0.4, -0.2) is 60.4 Å². The van der Waals surface area contributed by atoms with E-state index in [1.165, 1.54) is 17.0 Å². The summed E-state index contributed by atoms with van der Waals surface area (Å²) in [4.78, 5) is 6.97. The fourth-order valence-corrected chi connectivity index (χ4v) is 2.98. The van der Waals surface area contributed by atoms with Crippen molar-refractivity contribution in [3.05, 3.63) is 35.4 Å². The number of aliphatic imine (C=N–C) groups is 1. The van der Waals surface area contributed by atoms with Crippen LogP contribution in [0, 0.1) is 0 Å². The van der Waals surface area contributed by atoms with Crippen LogP contribution in [0.2, 0.25) is 0 Å². The highest BCUT2D eigenvalue weighted by Crippen LogP contribution is 2.13. The third kappa shape index (κ3) is 2.30. The van der Waals surface area contributed by atoms with Gasteiger partial charge in [0.05, 0.1) is 18.7 Å². The Balaban J connectivity index is 1.85. The maximum atomic E-state index is 4.63. The van der Waals surface area contributed by atoms with E-state index >= 15 is 0 Å². The SMILES string of the molecule is CCN1CCN=C1c1ccc(C2=[N+](CC)CCN2)cc1. The Morgan fingerprint density at radius 2 is 1.95 bits per heavy atom. The smallest absolute Gasteiger partial charge is 0.277 e. The molecule has 2 aliphatic rings. The van der Waals surface area contributed by atoms with Crippen LogP contribution in [-0.2, 0) is 0 Å². The van der Waals surface area contributed by atoms with Crippen LogP contribution >= 0.6 is 0 Å². The molecule has 1 aromatic rings. The van der Waals surface area contributed by atoms with Gasteiger partial charge in [0.25, 0.3) is 5.84 Å². The normalized spacial score (nSPS) is 18.5. The lowest BCUT2D eigenvalue weighted by Gasteiger charge is -2.18. The van der Waals surface area contributed by atoms with Crippen molar-refractivity contribution in [2.45, 2.75) is 13.8 Å². The highest BCUT2D eigenvalue weighted by Gasteiger charge is 2.22. The molecule has 20 heavy (non-hydrogen) atoms. The number of rotatable bonds is 4. The van der Waals surface area contributed by atoms with E-state index in [9.17, 15) is 0 Å². The molecule has 0 atom stereocenters. The van der Waals surface area contributed by atoms with Crippen molar-refractivity contribution < 1.29 is 4.58 Å². The first kappa shape index (κ1) is 13.2. The summed E-state index contributed by atoms with van der Waals surface area (Å²) >= 11 is 0. The summed E-state index contributed by atoms with van der Waals surface area (Å²) < 4.78 is 2.39. The predicted octanol–water partition coefficient (Wildman–Crippen LogP) is 1.15. The molecule has 0 aliphatic carbocycles. The van der Waals surface area contributed by atoms with Gasteiger partial charge >= 0.3 is 0 Å². The van der Waals surface area contributed by atoms with Crippen LogP contribution < -0.4 is 5.32 Å². The molecule has 0 saturated heterocycles. The Bertz CT molecular complexity index is 542. The van der Waals surface area contributed by atoms with Gasteiger partial charge < -0.3 is 4.90 Å². The number of likely N-dealkylation sites (N-methyl/N-ethyl adjacent to an activating group) is 2. The van der Waals surface area contributed by atoms with Crippen LogP contribution in [0.25, 0.3) is 0 Å². The third-order valence-electron chi connectivity index (χ3n) is 4.10. The zero-order valence-electron chi connectivity index (χ0n) is 12.4. The minimum absolute atomic E-state index is 0.924. The van der Waals surface area contributed by atoms with Gasteiger partial charge in [0, 0.05) is 18.7 Å². The summed E-state index contributed by atoms with van der Waals surface area (Å²) in [5, 5.41) is 3.48. The first-order valence-electron chi connectivity index (χ1n) is 7.59. The summed E-state index contributed by atoms with van der Waals surface area (Å²) in [5.74, 6) is 2.41. The second-order valence-corrected chi connectivity index (χ2v) is 5.22. The van der Waals surface area contributed by atoms with Crippen molar-refractivity contribution in [2.75, 3.05) is 39.3 Å². The Hall–Kier alpha value is -1.84. The molecule has 2 aliphatic heterocycles. The minimum Gasteiger partial charge on any atom is -0.355 e. The Labute approximate surface area is 120 Å². The molecule has 2 heterocycles. The Morgan fingerprint density at radius 3 is 2.65 bits per heavy atom. The molecule has 0 spiro atoms. The lowest BCUT2D eigenvalue weighted by molar-refractivity contribution is -0.513. The topological polar surface area (TPSA) is 30.6 Å². The second-order valence-electron chi connectivity index (χ2n) is 5.22. The van der Waals surface area contributed by atoms with Crippen molar-refractivity contribution in [1.82, 2.24) is 10.2 Å². The lowest BCUT2D eigenvalue weighted by atomic mass is 10.1. The summed E-state index contributed by atoms with van der Waals surface area (Å²) in [6.45, 7) is 10.6. The van der Waals surface area contributed by atoms with E-state index in [4.69, 9.17) is 0 Å². The number of hydrogen-bond acceptors (Lipinski definition) is 3. The lowest BCUT2D eigenvalue weighted by Crippen LogP contribution is -2.28. The first-order valence-corrected chi connectivity index (χ1v) is 7.59. The molecule has 0 radical (unpaired) electrons. The van der Waals surface area contributed by atoms with Crippen LogP contribution in [0.15, 0.2) is 29.3 Å². The van der Waals surface area contributed by atoms with E-state index < -0.39 is 0 Å². The molecule has 1 N–H and O–H groups in total. The van der Waals surface area contributed by atoms with Crippen molar-refractivity contribution >= 4 is 11.7 Å². The number of nitrogens with zero attached hydrogens (tertiary/aromatic N) is 3. The van der Waals surface area contributed by atoms with E-state index in [0.717, 1.165) is 45.1 Å². The van der Waals surface area contributed by atoms with Crippen molar-refractivity contribution in [3.63, 3.8) is 0 Å². The summed E-state index contributed by atoms with van der Waals surface area (Å²) in [7, 11) is 0. The first-order chi connectivity index (χ1) is 9.83. The molecule has 3 rings (SSSR count). The quantitative estimate of drug-likeness (QED) is 0.833. The van der Waals surface area contributed by atoms with Gasteiger partial charge in [-0.3, -0.25) is 14.9 Å². The molecule has 0 aromatic heterocycles. The molecule has 1 aromatic carbocycles. The van der Waals surface area contributed by atoms with Crippen molar-refractivity contribution in [3.8, 4) is 0 Å². The van der Waals surface area contributed by atoms with E-state index in [-0.39, 0.29) is 0 Å². The van der Waals surface area contributed by atoms with Gasteiger partial charge in [0.1, 0.15) is 18.9 Å². The predicted molar refractivity (Wildman–Crippen MR) is 82.9 cm³/mol. The molecule has 0 saturated carbocycles. The van der Waals surface area contributed by atoms with E-state index in [0.29, 0.717) is 0 Å². The number of hydrogen-bond donors (Lipinski definition) is 1. The number of benzene rings is 1. The summed E-state index contributed by atoms with van der Waals surface area (Å²) in [6.07, 6.45) is 0. The fourth-order valence-electron chi connectivity index (χ4n) is 2.98. The van der Waals surface area contributed by atoms with Gasteiger partial charge in [-0.05, 0) is 26.0 Å². The van der Waals surface area contributed by atoms with E-state index in [1.54, 1.807) is 0 Å². The fraction of sp³-hybridized carbons (Fsp3) is 0.500. The van der Waals surface area contributed by atoms with Gasteiger partial charge in [-0.2, -0.15) is 0 Å². The molecule has 0 amide bonds. The molecule has 0 bridgehead atoms. The number of amidine groups is 2. The second kappa shape index (κ2) is 5.65. The van der Waals surface area contributed by atoms with Crippen LogP contribution in [0.1, 0.15) is 25.0 Å². The zero-order chi connectivity index (χ0) is 13.9. The minimum atomic E-state index is 0.924. The van der Waals surface area contributed by atoms with E-state index in [2.05, 4.69) is 57.9 Å². The van der Waals surface area contributed by atoms with Gasteiger partial charge in [0.15, 0.2) is 0 Å². The average Bonchev–Trinajstić information content (AvgIpc) is 3.15. The van der Waals surface area contributed by atoms with Crippen LogP contribution in [0.5, 0.6) is 0 Å².